The molecule has 3 aromatic rings. The maximum atomic E-state index is 12.5. The molecule has 1 fully saturated rings. The van der Waals surface area contributed by atoms with Crippen molar-refractivity contribution < 1.29 is 23.3 Å². The van der Waals surface area contributed by atoms with Gasteiger partial charge in [-0.1, -0.05) is 23.4 Å². The lowest BCUT2D eigenvalue weighted by atomic mass is 10.1. The van der Waals surface area contributed by atoms with Gasteiger partial charge in [0.25, 0.3) is 0 Å². The van der Waals surface area contributed by atoms with Crippen LogP contribution in [0.3, 0.4) is 0 Å². The van der Waals surface area contributed by atoms with Crippen molar-refractivity contribution in [1.29, 1.82) is 0 Å². The van der Waals surface area contributed by atoms with Crippen molar-refractivity contribution in [3.63, 3.8) is 0 Å². The average Bonchev–Trinajstić information content (AvgIpc) is 3.32. The number of carbonyl (C=O) groups is 2. The summed E-state index contributed by atoms with van der Waals surface area (Å²) in [6.07, 6.45) is 0. The predicted octanol–water partition coefficient (Wildman–Crippen LogP) is 2.66. The van der Waals surface area contributed by atoms with Gasteiger partial charge in [0.15, 0.2) is 5.82 Å². The van der Waals surface area contributed by atoms with Crippen LogP contribution in [0.15, 0.2) is 39.3 Å². The van der Waals surface area contributed by atoms with E-state index < -0.39 is 0 Å². The number of para-hydroxylation sites is 1. The van der Waals surface area contributed by atoms with Gasteiger partial charge in [0.2, 0.25) is 5.91 Å². The van der Waals surface area contributed by atoms with Gasteiger partial charge in [-0.15, -0.1) is 0 Å². The lowest BCUT2D eigenvalue weighted by Gasteiger charge is -2.33. The lowest BCUT2D eigenvalue weighted by Crippen LogP contribution is -2.48. The molecule has 1 saturated heterocycles. The normalized spacial score (nSPS) is 15.3. The van der Waals surface area contributed by atoms with E-state index in [0.717, 1.165) is 31.6 Å². The Morgan fingerprint density at radius 2 is 1.90 bits per heavy atom. The molecule has 1 amide bonds. The van der Waals surface area contributed by atoms with E-state index in [1.807, 2.05) is 24.3 Å². The van der Waals surface area contributed by atoms with E-state index in [-0.39, 0.29) is 11.9 Å². The number of anilines is 1. The summed E-state index contributed by atoms with van der Waals surface area (Å²) in [5.41, 5.74) is 1.18. The molecule has 9 nitrogen and oxygen atoms in total. The van der Waals surface area contributed by atoms with Crippen molar-refractivity contribution in [1.82, 2.24) is 15.0 Å². The molecule has 0 aliphatic carbocycles. The number of ether oxygens (including phenoxy) is 1. The van der Waals surface area contributed by atoms with E-state index in [4.69, 9.17) is 13.7 Å². The number of amides is 1. The van der Waals surface area contributed by atoms with Crippen LogP contribution in [0.1, 0.15) is 28.8 Å². The fraction of sp³-hybridized carbons (Fsp3) is 0.409. The summed E-state index contributed by atoms with van der Waals surface area (Å²) in [6.45, 7) is 7.67. The molecule has 1 aliphatic heterocycles. The standard InChI is InChI=1S/C22H26N4O5/c1-3-29-22(28)21-16-6-4-5-7-17(16)30-18(21)13-25-8-10-26(11-9-25)14-20(27)23-19-12-15(2)31-24-19/h4-7,12H,3,8-11,13-14H2,1-2H3,(H,23,24,27). The second-order valence-corrected chi connectivity index (χ2v) is 7.54. The zero-order valence-electron chi connectivity index (χ0n) is 17.7. The molecule has 4 rings (SSSR count). The van der Waals surface area contributed by atoms with Crippen molar-refractivity contribution in [2.45, 2.75) is 20.4 Å². The maximum absolute atomic E-state index is 12.5. The van der Waals surface area contributed by atoms with Gasteiger partial charge in [0, 0.05) is 37.6 Å². The molecular weight excluding hydrogens is 400 g/mol. The number of nitrogens with zero attached hydrogens (tertiary/aromatic N) is 3. The molecule has 0 saturated carbocycles. The third-order valence-corrected chi connectivity index (χ3v) is 5.24. The van der Waals surface area contributed by atoms with Gasteiger partial charge in [-0.25, -0.2) is 4.79 Å². The Balaban J connectivity index is 1.35. The Hall–Kier alpha value is -3.17. The molecule has 0 radical (unpaired) electrons. The van der Waals surface area contributed by atoms with Crippen LogP contribution in [0.25, 0.3) is 11.0 Å². The quantitative estimate of drug-likeness (QED) is 0.576. The van der Waals surface area contributed by atoms with Crippen LogP contribution in [0.2, 0.25) is 0 Å². The first-order valence-corrected chi connectivity index (χ1v) is 10.4. The van der Waals surface area contributed by atoms with Crippen LogP contribution >= 0.6 is 0 Å². The zero-order chi connectivity index (χ0) is 21.8. The van der Waals surface area contributed by atoms with Crippen molar-refractivity contribution in [3.8, 4) is 0 Å². The summed E-state index contributed by atoms with van der Waals surface area (Å²) < 4.78 is 16.2. The summed E-state index contributed by atoms with van der Waals surface area (Å²) in [4.78, 5) is 29.1. The molecule has 1 aromatic carbocycles. The van der Waals surface area contributed by atoms with E-state index in [9.17, 15) is 9.59 Å². The summed E-state index contributed by atoms with van der Waals surface area (Å²) in [5, 5.41) is 7.29. The Morgan fingerprint density at radius 1 is 1.16 bits per heavy atom. The third kappa shape index (κ3) is 4.95. The Labute approximate surface area is 179 Å². The number of rotatable bonds is 7. The molecule has 2 aromatic heterocycles. The van der Waals surface area contributed by atoms with Gasteiger partial charge >= 0.3 is 5.97 Å². The number of esters is 1. The number of aromatic nitrogens is 1. The minimum Gasteiger partial charge on any atom is -0.462 e. The number of furan rings is 1. The average molecular weight is 426 g/mol. The number of carbonyl (C=O) groups excluding carboxylic acids is 2. The fourth-order valence-electron chi connectivity index (χ4n) is 3.75. The van der Waals surface area contributed by atoms with Crippen molar-refractivity contribution >= 4 is 28.7 Å². The number of aryl methyl sites for hydroxylation is 1. The smallest absolute Gasteiger partial charge is 0.342 e. The lowest BCUT2D eigenvalue weighted by molar-refractivity contribution is -0.117. The molecule has 1 aliphatic rings. The van der Waals surface area contributed by atoms with Gasteiger partial charge in [-0.2, -0.15) is 0 Å². The van der Waals surface area contributed by atoms with Gasteiger partial charge in [0.05, 0.1) is 19.7 Å². The van der Waals surface area contributed by atoms with Crippen LogP contribution in [0.4, 0.5) is 5.82 Å². The van der Waals surface area contributed by atoms with E-state index in [0.29, 0.717) is 48.2 Å². The molecule has 9 heteroatoms. The summed E-state index contributed by atoms with van der Waals surface area (Å²) in [7, 11) is 0. The minimum atomic E-state index is -0.360. The summed E-state index contributed by atoms with van der Waals surface area (Å²) in [5.74, 6) is 1.21. The number of piperazine rings is 1. The van der Waals surface area contributed by atoms with Crippen LogP contribution in [-0.4, -0.2) is 66.2 Å². The summed E-state index contributed by atoms with van der Waals surface area (Å²) in [6, 6.07) is 9.18. The van der Waals surface area contributed by atoms with Gasteiger partial charge < -0.3 is 19.0 Å². The number of hydrogen-bond acceptors (Lipinski definition) is 8. The molecule has 3 heterocycles. The van der Waals surface area contributed by atoms with Gasteiger partial charge in [0.1, 0.15) is 22.7 Å². The van der Waals surface area contributed by atoms with E-state index in [2.05, 4.69) is 20.3 Å². The number of hydrogen-bond donors (Lipinski definition) is 1. The monoisotopic (exact) mass is 426 g/mol. The third-order valence-electron chi connectivity index (χ3n) is 5.24. The first kappa shape index (κ1) is 21.1. The zero-order valence-corrected chi connectivity index (χ0v) is 17.7. The molecule has 31 heavy (non-hydrogen) atoms. The largest absolute Gasteiger partial charge is 0.462 e. The minimum absolute atomic E-state index is 0.122. The van der Waals surface area contributed by atoms with Crippen LogP contribution in [0.5, 0.6) is 0 Å². The molecule has 0 unspecified atom stereocenters. The second-order valence-electron chi connectivity index (χ2n) is 7.54. The molecule has 0 spiro atoms. The second kappa shape index (κ2) is 9.32. The van der Waals surface area contributed by atoms with Crippen LogP contribution in [-0.2, 0) is 16.1 Å². The molecular formula is C22H26N4O5. The van der Waals surface area contributed by atoms with E-state index >= 15 is 0 Å². The van der Waals surface area contributed by atoms with Crippen LogP contribution < -0.4 is 5.32 Å². The molecule has 0 bridgehead atoms. The fourth-order valence-corrected chi connectivity index (χ4v) is 3.75. The molecule has 0 atom stereocenters. The Morgan fingerprint density at radius 3 is 2.61 bits per heavy atom. The first-order chi connectivity index (χ1) is 15.0. The number of fused-ring (bicyclic) bond motifs is 1. The SMILES string of the molecule is CCOC(=O)c1c(CN2CCN(CC(=O)Nc3cc(C)on3)CC2)oc2ccccc12. The first-order valence-electron chi connectivity index (χ1n) is 10.4. The number of nitrogens with one attached hydrogen (secondary N) is 1. The molecule has 164 valence electrons. The van der Waals surface area contributed by atoms with Crippen LogP contribution in [0, 0.1) is 6.92 Å². The highest BCUT2D eigenvalue weighted by molar-refractivity contribution is 6.04. The topological polar surface area (TPSA) is 101 Å². The summed E-state index contributed by atoms with van der Waals surface area (Å²) >= 11 is 0. The number of benzene rings is 1. The maximum Gasteiger partial charge on any atom is 0.342 e. The van der Waals surface area contributed by atoms with E-state index in [1.165, 1.54) is 0 Å². The highest BCUT2D eigenvalue weighted by Gasteiger charge is 2.26. The van der Waals surface area contributed by atoms with E-state index in [1.54, 1.807) is 19.9 Å². The highest BCUT2D eigenvalue weighted by Crippen LogP contribution is 2.28. The Kier molecular flexibility index (Phi) is 6.34. The Bertz CT molecular complexity index is 1060. The van der Waals surface area contributed by atoms with Crippen molar-refractivity contribution in [2.75, 3.05) is 44.6 Å². The highest BCUT2D eigenvalue weighted by atomic mass is 16.5. The molecule has 1 N–H and O–H groups in total. The van der Waals surface area contributed by atoms with Gasteiger partial charge in [-0.05, 0) is 19.9 Å². The predicted molar refractivity (Wildman–Crippen MR) is 114 cm³/mol. The van der Waals surface area contributed by atoms with Crippen molar-refractivity contribution in [3.05, 3.63) is 47.4 Å². The van der Waals surface area contributed by atoms with Crippen molar-refractivity contribution in [2.24, 2.45) is 0 Å². The van der Waals surface area contributed by atoms with Gasteiger partial charge in [-0.3, -0.25) is 14.6 Å².